The molecule has 2 amide bonds. The summed E-state index contributed by atoms with van der Waals surface area (Å²) < 4.78 is 31.3. The van der Waals surface area contributed by atoms with Gasteiger partial charge in [-0.3, -0.25) is 13.9 Å². The molecule has 1 unspecified atom stereocenters. The second-order valence-electron chi connectivity index (χ2n) is 7.45. The van der Waals surface area contributed by atoms with Crippen molar-refractivity contribution in [2.45, 2.75) is 32.9 Å². The van der Waals surface area contributed by atoms with E-state index in [1.807, 2.05) is 25.1 Å². The smallest absolute Gasteiger partial charge is 0.244 e. The average molecular weight is 462 g/mol. The van der Waals surface area contributed by atoms with E-state index >= 15 is 0 Å². The molecule has 9 heteroatoms. The molecule has 0 saturated carbocycles. The van der Waals surface area contributed by atoms with Crippen molar-refractivity contribution in [3.63, 3.8) is 0 Å². The van der Waals surface area contributed by atoms with Gasteiger partial charge >= 0.3 is 0 Å². The molecule has 2 aromatic rings. The predicted molar refractivity (Wildman–Crippen MR) is 125 cm³/mol. The van der Waals surface area contributed by atoms with Crippen LogP contribution in [0.2, 0.25) is 0 Å². The van der Waals surface area contributed by atoms with Gasteiger partial charge in [-0.25, -0.2) is 8.42 Å². The summed E-state index contributed by atoms with van der Waals surface area (Å²) in [6, 6.07) is 13.4. The number of ether oxygens (including phenoxy) is 1. The lowest BCUT2D eigenvalue weighted by molar-refractivity contribution is -0.139. The molecule has 0 aromatic heterocycles. The minimum Gasteiger partial charge on any atom is -0.497 e. The Hall–Kier alpha value is -3.07. The van der Waals surface area contributed by atoms with Crippen LogP contribution in [0.5, 0.6) is 5.75 Å². The largest absolute Gasteiger partial charge is 0.497 e. The first-order valence-electron chi connectivity index (χ1n) is 10.3. The molecular weight excluding hydrogens is 430 g/mol. The monoisotopic (exact) mass is 461 g/mol. The SMILES string of the molecule is CCc1ccc(N(CC(=O)N(Cc2cccc(OC)c2)C(C)C(=O)NC)S(C)(=O)=O)cc1. The van der Waals surface area contributed by atoms with Gasteiger partial charge in [-0.2, -0.15) is 0 Å². The second kappa shape index (κ2) is 11.0. The third kappa shape index (κ3) is 6.46. The number of benzene rings is 2. The second-order valence-corrected chi connectivity index (χ2v) is 9.36. The zero-order chi connectivity index (χ0) is 23.9. The number of carbonyl (C=O) groups excluding carboxylic acids is 2. The number of nitrogens with one attached hydrogen (secondary N) is 1. The predicted octanol–water partition coefficient (Wildman–Crippen LogP) is 2.19. The number of carbonyl (C=O) groups is 2. The number of sulfonamides is 1. The minimum absolute atomic E-state index is 0.122. The van der Waals surface area contributed by atoms with E-state index in [9.17, 15) is 18.0 Å². The summed E-state index contributed by atoms with van der Waals surface area (Å²) in [5, 5.41) is 2.55. The highest BCUT2D eigenvalue weighted by atomic mass is 32.2. The number of hydrogen-bond donors (Lipinski definition) is 1. The van der Waals surface area contributed by atoms with Crippen LogP contribution in [0.3, 0.4) is 0 Å². The molecule has 0 bridgehead atoms. The Morgan fingerprint density at radius 1 is 1.09 bits per heavy atom. The van der Waals surface area contributed by atoms with Crippen molar-refractivity contribution in [3.05, 3.63) is 59.7 Å². The number of amides is 2. The molecule has 1 N–H and O–H groups in total. The fourth-order valence-electron chi connectivity index (χ4n) is 3.27. The van der Waals surface area contributed by atoms with Gasteiger partial charge in [-0.05, 0) is 48.7 Å². The van der Waals surface area contributed by atoms with Crippen LogP contribution in [0.15, 0.2) is 48.5 Å². The van der Waals surface area contributed by atoms with Gasteiger partial charge in [0.15, 0.2) is 0 Å². The maximum Gasteiger partial charge on any atom is 0.244 e. The van der Waals surface area contributed by atoms with E-state index < -0.39 is 28.5 Å². The summed E-state index contributed by atoms with van der Waals surface area (Å²) in [6.07, 6.45) is 1.87. The highest BCUT2D eigenvalue weighted by Gasteiger charge is 2.29. The number of anilines is 1. The highest BCUT2D eigenvalue weighted by molar-refractivity contribution is 7.92. The van der Waals surface area contributed by atoms with Crippen molar-refractivity contribution < 1.29 is 22.7 Å². The van der Waals surface area contributed by atoms with Crippen molar-refractivity contribution in [1.82, 2.24) is 10.2 Å². The molecule has 0 radical (unpaired) electrons. The van der Waals surface area contributed by atoms with E-state index in [0.29, 0.717) is 11.4 Å². The quantitative estimate of drug-likeness (QED) is 0.585. The van der Waals surface area contributed by atoms with E-state index in [0.717, 1.165) is 28.1 Å². The van der Waals surface area contributed by atoms with Crippen molar-refractivity contribution in [1.29, 1.82) is 0 Å². The molecule has 0 spiro atoms. The van der Waals surface area contributed by atoms with Gasteiger partial charge < -0.3 is 15.0 Å². The summed E-state index contributed by atoms with van der Waals surface area (Å²) in [6.45, 7) is 3.31. The molecule has 32 heavy (non-hydrogen) atoms. The summed E-state index contributed by atoms with van der Waals surface area (Å²) >= 11 is 0. The van der Waals surface area contributed by atoms with Crippen LogP contribution in [-0.2, 0) is 32.6 Å². The lowest BCUT2D eigenvalue weighted by atomic mass is 10.1. The first-order valence-corrected chi connectivity index (χ1v) is 12.2. The fraction of sp³-hybridized carbons (Fsp3) is 0.391. The van der Waals surface area contributed by atoms with Crippen molar-refractivity contribution in [2.24, 2.45) is 0 Å². The third-order valence-electron chi connectivity index (χ3n) is 5.21. The molecule has 0 saturated heterocycles. The Labute approximate surface area is 190 Å². The zero-order valence-corrected chi connectivity index (χ0v) is 20.0. The van der Waals surface area contributed by atoms with Gasteiger partial charge in [0.1, 0.15) is 18.3 Å². The highest BCUT2D eigenvalue weighted by Crippen LogP contribution is 2.21. The maximum absolute atomic E-state index is 13.3. The number of nitrogens with zero attached hydrogens (tertiary/aromatic N) is 2. The molecule has 0 fully saturated rings. The lowest BCUT2D eigenvalue weighted by Crippen LogP contribution is -2.50. The summed E-state index contributed by atoms with van der Waals surface area (Å²) in [5.41, 5.74) is 2.21. The zero-order valence-electron chi connectivity index (χ0n) is 19.2. The Kier molecular flexibility index (Phi) is 8.65. The lowest BCUT2D eigenvalue weighted by Gasteiger charge is -2.31. The van der Waals surface area contributed by atoms with E-state index in [1.54, 1.807) is 44.4 Å². The summed E-state index contributed by atoms with van der Waals surface area (Å²) in [4.78, 5) is 27.0. The van der Waals surface area contributed by atoms with Crippen LogP contribution in [0.4, 0.5) is 5.69 Å². The van der Waals surface area contributed by atoms with Crippen LogP contribution < -0.4 is 14.4 Å². The van der Waals surface area contributed by atoms with Gasteiger partial charge in [-0.1, -0.05) is 31.2 Å². The van der Waals surface area contributed by atoms with Gasteiger partial charge in [0.2, 0.25) is 21.8 Å². The van der Waals surface area contributed by atoms with Crippen molar-refractivity contribution in [3.8, 4) is 5.75 Å². The van der Waals surface area contributed by atoms with Crippen LogP contribution in [0.25, 0.3) is 0 Å². The number of rotatable bonds is 10. The molecule has 174 valence electrons. The molecule has 0 aliphatic rings. The molecule has 1 atom stereocenters. The van der Waals surface area contributed by atoms with E-state index in [2.05, 4.69) is 5.32 Å². The molecule has 2 rings (SSSR count). The van der Waals surface area contributed by atoms with Gasteiger partial charge in [0.25, 0.3) is 0 Å². The van der Waals surface area contributed by atoms with Gasteiger partial charge in [-0.15, -0.1) is 0 Å². The first kappa shape index (κ1) is 25.2. The normalized spacial score (nSPS) is 12.0. The maximum atomic E-state index is 13.3. The fourth-order valence-corrected chi connectivity index (χ4v) is 4.12. The average Bonchev–Trinajstić information content (AvgIpc) is 2.79. The standard InChI is InChI=1S/C23H31N3O5S/c1-6-18-10-12-20(13-11-18)26(32(5,29)30)16-22(27)25(17(2)23(28)24-3)15-19-8-7-9-21(14-19)31-4/h7-14,17H,6,15-16H2,1-5H3,(H,24,28). The molecule has 8 nitrogen and oxygen atoms in total. The summed E-state index contributed by atoms with van der Waals surface area (Å²) in [5.74, 6) is -0.218. The van der Waals surface area contributed by atoms with E-state index in [1.165, 1.54) is 11.9 Å². The van der Waals surface area contributed by atoms with Crippen molar-refractivity contribution >= 4 is 27.5 Å². The van der Waals surface area contributed by atoms with E-state index in [-0.39, 0.29) is 12.5 Å². The molecule has 0 aliphatic heterocycles. The van der Waals surface area contributed by atoms with Crippen LogP contribution >= 0.6 is 0 Å². The van der Waals surface area contributed by atoms with Crippen LogP contribution in [-0.4, -0.2) is 58.1 Å². The number of methoxy groups -OCH3 is 1. The van der Waals surface area contributed by atoms with Crippen LogP contribution in [0, 0.1) is 0 Å². The van der Waals surface area contributed by atoms with Crippen molar-refractivity contribution in [2.75, 3.05) is 31.3 Å². The third-order valence-corrected chi connectivity index (χ3v) is 6.35. The Morgan fingerprint density at radius 3 is 2.28 bits per heavy atom. The molecule has 0 heterocycles. The Balaban J connectivity index is 2.37. The number of aryl methyl sites for hydroxylation is 1. The number of hydrogen-bond acceptors (Lipinski definition) is 5. The Morgan fingerprint density at radius 2 is 1.75 bits per heavy atom. The van der Waals surface area contributed by atoms with Gasteiger partial charge in [0, 0.05) is 13.6 Å². The van der Waals surface area contributed by atoms with Gasteiger partial charge in [0.05, 0.1) is 19.1 Å². The molecule has 2 aromatic carbocycles. The summed E-state index contributed by atoms with van der Waals surface area (Å²) in [7, 11) is -0.700. The topological polar surface area (TPSA) is 96.0 Å². The molecule has 0 aliphatic carbocycles. The molecular formula is C23H31N3O5S. The first-order chi connectivity index (χ1) is 15.1. The minimum atomic E-state index is -3.74. The Bertz CT molecular complexity index is 1040. The number of likely N-dealkylation sites (N-methyl/N-ethyl adjacent to an activating group) is 1. The van der Waals surface area contributed by atoms with E-state index in [4.69, 9.17) is 4.74 Å². The van der Waals surface area contributed by atoms with Crippen LogP contribution in [0.1, 0.15) is 25.0 Å².